The average molecular weight is 253 g/mol. The first-order valence-corrected chi connectivity index (χ1v) is 7.76. The third-order valence-corrected chi connectivity index (χ3v) is 5.50. The molecule has 18 heavy (non-hydrogen) atoms. The minimum absolute atomic E-state index is 0.321. The average Bonchev–Trinajstić information content (AvgIpc) is 2.41. The fraction of sp³-hybridized carbons (Fsp3) is 1.00. The molecule has 1 aliphatic heterocycles. The molecule has 106 valence electrons. The van der Waals surface area contributed by atoms with Crippen LogP contribution in [0, 0.1) is 5.92 Å². The standard InChI is InChI=1S/C15H31N3/c1-4-14-11-18(10-9-17(14)3)15(12-16)7-5-13(2)6-8-15/h13-14H,4-12,16H2,1-3H3. The van der Waals surface area contributed by atoms with E-state index in [0.29, 0.717) is 5.54 Å². The molecule has 1 unspecified atom stereocenters. The minimum Gasteiger partial charge on any atom is -0.329 e. The molecule has 1 saturated heterocycles. The molecule has 2 aliphatic rings. The smallest absolute Gasteiger partial charge is 0.0333 e. The lowest BCUT2D eigenvalue weighted by molar-refractivity contribution is -0.0136. The predicted octanol–water partition coefficient (Wildman–Crippen LogP) is 1.92. The van der Waals surface area contributed by atoms with Crippen LogP contribution in [0.2, 0.25) is 0 Å². The van der Waals surface area contributed by atoms with Gasteiger partial charge in [0.25, 0.3) is 0 Å². The van der Waals surface area contributed by atoms with Crippen LogP contribution in [-0.2, 0) is 0 Å². The molecule has 0 spiro atoms. The lowest BCUT2D eigenvalue weighted by Crippen LogP contribution is -2.63. The summed E-state index contributed by atoms with van der Waals surface area (Å²) in [6, 6.07) is 0.724. The van der Waals surface area contributed by atoms with Gasteiger partial charge in [-0.25, -0.2) is 0 Å². The van der Waals surface area contributed by atoms with Crippen LogP contribution in [0.15, 0.2) is 0 Å². The van der Waals surface area contributed by atoms with Crippen molar-refractivity contribution in [3.8, 4) is 0 Å². The molecule has 0 aromatic rings. The van der Waals surface area contributed by atoms with Gasteiger partial charge in [-0.3, -0.25) is 4.90 Å². The highest BCUT2D eigenvalue weighted by molar-refractivity contribution is 4.98. The Morgan fingerprint density at radius 1 is 1.22 bits per heavy atom. The van der Waals surface area contributed by atoms with Gasteiger partial charge in [0.1, 0.15) is 0 Å². The normalized spacial score (nSPS) is 40.0. The summed E-state index contributed by atoms with van der Waals surface area (Å²) in [5.41, 5.74) is 6.50. The first-order valence-electron chi connectivity index (χ1n) is 7.76. The SMILES string of the molecule is CCC1CN(C2(CN)CCC(C)CC2)CCN1C. The van der Waals surface area contributed by atoms with Crippen molar-refractivity contribution in [2.75, 3.05) is 33.2 Å². The van der Waals surface area contributed by atoms with Crippen LogP contribution in [0.3, 0.4) is 0 Å². The third-order valence-electron chi connectivity index (χ3n) is 5.50. The van der Waals surface area contributed by atoms with Crippen LogP contribution in [0.4, 0.5) is 0 Å². The van der Waals surface area contributed by atoms with Gasteiger partial charge < -0.3 is 10.6 Å². The molecule has 1 heterocycles. The van der Waals surface area contributed by atoms with Crippen molar-refractivity contribution < 1.29 is 0 Å². The van der Waals surface area contributed by atoms with E-state index in [0.717, 1.165) is 18.5 Å². The molecule has 0 radical (unpaired) electrons. The minimum atomic E-state index is 0.321. The van der Waals surface area contributed by atoms with Crippen molar-refractivity contribution in [3.63, 3.8) is 0 Å². The number of hydrogen-bond donors (Lipinski definition) is 1. The number of hydrogen-bond acceptors (Lipinski definition) is 3. The Labute approximate surface area is 113 Å². The molecule has 3 heteroatoms. The largest absolute Gasteiger partial charge is 0.329 e. The molecule has 2 fully saturated rings. The Morgan fingerprint density at radius 3 is 2.44 bits per heavy atom. The first-order chi connectivity index (χ1) is 8.61. The van der Waals surface area contributed by atoms with Gasteiger partial charge in [0.15, 0.2) is 0 Å². The number of piperazine rings is 1. The van der Waals surface area contributed by atoms with Crippen LogP contribution in [0.25, 0.3) is 0 Å². The van der Waals surface area contributed by atoms with Crippen molar-refractivity contribution in [3.05, 3.63) is 0 Å². The Balaban J connectivity index is 2.04. The zero-order valence-corrected chi connectivity index (χ0v) is 12.5. The number of likely N-dealkylation sites (N-methyl/N-ethyl adjacent to an activating group) is 1. The molecule has 0 aromatic carbocycles. The summed E-state index contributed by atoms with van der Waals surface area (Å²) >= 11 is 0. The van der Waals surface area contributed by atoms with Gasteiger partial charge in [0.05, 0.1) is 0 Å². The molecule has 0 bridgehead atoms. The van der Waals surface area contributed by atoms with E-state index in [9.17, 15) is 0 Å². The van der Waals surface area contributed by atoms with Crippen molar-refractivity contribution >= 4 is 0 Å². The second kappa shape index (κ2) is 5.89. The van der Waals surface area contributed by atoms with E-state index >= 15 is 0 Å². The molecule has 3 nitrogen and oxygen atoms in total. The van der Waals surface area contributed by atoms with Crippen molar-refractivity contribution in [1.29, 1.82) is 0 Å². The summed E-state index contributed by atoms with van der Waals surface area (Å²) in [5.74, 6) is 0.902. The first kappa shape index (κ1) is 14.3. The fourth-order valence-corrected chi connectivity index (χ4v) is 3.77. The van der Waals surface area contributed by atoms with Gasteiger partial charge in [0.2, 0.25) is 0 Å². The van der Waals surface area contributed by atoms with Gasteiger partial charge in [-0.1, -0.05) is 13.8 Å². The summed E-state index contributed by atoms with van der Waals surface area (Å²) in [6.07, 6.45) is 6.60. The Kier molecular flexibility index (Phi) is 4.68. The van der Waals surface area contributed by atoms with Crippen LogP contribution in [-0.4, -0.2) is 54.6 Å². The van der Waals surface area contributed by atoms with Crippen molar-refractivity contribution in [2.24, 2.45) is 11.7 Å². The topological polar surface area (TPSA) is 32.5 Å². The van der Waals surface area contributed by atoms with Gasteiger partial charge in [-0.15, -0.1) is 0 Å². The lowest BCUT2D eigenvalue weighted by Gasteiger charge is -2.52. The van der Waals surface area contributed by atoms with Gasteiger partial charge >= 0.3 is 0 Å². The van der Waals surface area contributed by atoms with Gasteiger partial charge in [-0.2, -0.15) is 0 Å². The summed E-state index contributed by atoms with van der Waals surface area (Å²) in [6.45, 7) is 9.18. The quantitative estimate of drug-likeness (QED) is 0.834. The van der Waals surface area contributed by atoms with E-state index in [-0.39, 0.29) is 0 Å². The predicted molar refractivity (Wildman–Crippen MR) is 77.7 cm³/mol. The number of nitrogens with zero attached hydrogens (tertiary/aromatic N) is 2. The van der Waals surface area contributed by atoms with Crippen LogP contribution < -0.4 is 5.73 Å². The van der Waals surface area contributed by atoms with Gasteiger partial charge in [-0.05, 0) is 45.1 Å². The molecular formula is C15H31N3. The van der Waals surface area contributed by atoms with Crippen LogP contribution in [0.5, 0.6) is 0 Å². The summed E-state index contributed by atoms with van der Waals surface area (Å²) in [5, 5.41) is 0. The van der Waals surface area contributed by atoms with Crippen LogP contribution in [0.1, 0.15) is 46.0 Å². The number of rotatable bonds is 3. The zero-order valence-electron chi connectivity index (χ0n) is 12.5. The highest BCUT2D eigenvalue weighted by Crippen LogP contribution is 2.36. The summed E-state index contributed by atoms with van der Waals surface area (Å²) in [7, 11) is 2.27. The molecule has 0 aromatic heterocycles. The number of nitrogens with two attached hydrogens (primary N) is 1. The molecule has 1 aliphatic carbocycles. The third kappa shape index (κ3) is 2.73. The van der Waals surface area contributed by atoms with E-state index in [1.54, 1.807) is 0 Å². The maximum absolute atomic E-state index is 6.18. The Morgan fingerprint density at radius 2 is 1.89 bits per heavy atom. The van der Waals surface area contributed by atoms with Gasteiger partial charge in [0, 0.05) is 37.8 Å². The molecular weight excluding hydrogens is 222 g/mol. The Hall–Kier alpha value is -0.120. The fourth-order valence-electron chi connectivity index (χ4n) is 3.77. The Bertz CT molecular complexity index is 258. The van der Waals surface area contributed by atoms with E-state index in [2.05, 4.69) is 30.7 Å². The summed E-state index contributed by atoms with van der Waals surface area (Å²) < 4.78 is 0. The van der Waals surface area contributed by atoms with E-state index < -0.39 is 0 Å². The maximum Gasteiger partial charge on any atom is 0.0333 e. The van der Waals surface area contributed by atoms with E-state index in [1.165, 1.54) is 51.7 Å². The second-order valence-electron chi connectivity index (χ2n) is 6.60. The molecule has 1 saturated carbocycles. The lowest BCUT2D eigenvalue weighted by atomic mass is 9.75. The second-order valence-corrected chi connectivity index (χ2v) is 6.60. The molecule has 1 atom stereocenters. The van der Waals surface area contributed by atoms with Crippen molar-refractivity contribution in [1.82, 2.24) is 9.80 Å². The summed E-state index contributed by atoms with van der Waals surface area (Å²) in [4.78, 5) is 5.25. The zero-order chi connectivity index (χ0) is 13.2. The maximum atomic E-state index is 6.18. The van der Waals surface area contributed by atoms with E-state index in [1.807, 2.05) is 0 Å². The molecule has 2 N–H and O–H groups in total. The monoisotopic (exact) mass is 253 g/mol. The molecule has 2 rings (SSSR count). The van der Waals surface area contributed by atoms with E-state index in [4.69, 9.17) is 5.73 Å². The highest BCUT2D eigenvalue weighted by Gasteiger charge is 2.40. The molecule has 0 amide bonds. The van der Waals surface area contributed by atoms with Crippen LogP contribution >= 0.6 is 0 Å². The highest BCUT2D eigenvalue weighted by atomic mass is 15.3. The van der Waals surface area contributed by atoms with Crippen molar-refractivity contribution in [2.45, 2.75) is 57.5 Å².